The number of pyridine rings is 1. The smallest absolute Gasteiger partial charge is 0.339 e. The molecular weight excluding hydrogens is 234 g/mol. The summed E-state index contributed by atoms with van der Waals surface area (Å²) in [4.78, 5) is 16.7. The molecule has 0 bridgehead atoms. The number of ether oxygens (including phenoxy) is 1. The Labute approximate surface area is 107 Å². The molecule has 0 aliphatic carbocycles. The Kier molecular flexibility index (Phi) is 6.10. The van der Waals surface area contributed by atoms with Crippen molar-refractivity contribution in [3.05, 3.63) is 24.0 Å². The van der Waals surface area contributed by atoms with Gasteiger partial charge in [-0.05, 0) is 20.2 Å². The molecule has 0 saturated heterocycles. The minimum atomic E-state index is -0.987. The third-order valence-corrected chi connectivity index (χ3v) is 2.30. The van der Waals surface area contributed by atoms with Crippen LogP contribution >= 0.6 is 0 Å². The van der Waals surface area contributed by atoms with E-state index in [0.29, 0.717) is 25.4 Å². The van der Waals surface area contributed by atoms with Crippen molar-refractivity contribution in [3.8, 4) is 0 Å². The average molecular weight is 253 g/mol. The Morgan fingerprint density at radius 1 is 1.50 bits per heavy atom. The third-order valence-electron chi connectivity index (χ3n) is 2.30. The molecule has 100 valence electrons. The molecule has 0 fully saturated rings. The highest BCUT2D eigenvalue weighted by molar-refractivity contribution is 5.93. The van der Waals surface area contributed by atoms with Gasteiger partial charge in [-0.3, -0.25) is 4.98 Å². The van der Waals surface area contributed by atoms with Gasteiger partial charge in [0, 0.05) is 25.5 Å². The van der Waals surface area contributed by atoms with Crippen LogP contribution in [0, 0.1) is 0 Å². The van der Waals surface area contributed by atoms with Gasteiger partial charge in [0.25, 0.3) is 0 Å². The highest BCUT2D eigenvalue weighted by Gasteiger charge is 2.08. The summed E-state index contributed by atoms with van der Waals surface area (Å²) < 4.78 is 5.40. The zero-order valence-electron chi connectivity index (χ0n) is 10.7. The zero-order chi connectivity index (χ0) is 13.4. The lowest BCUT2D eigenvalue weighted by atomic mass is 10.2. The molecule has 1 rings (SSSR count). The number of hydrogen-bond donors (Lipinski definition) is 2. The number of aromatic nitrogens is 1. The molecule has 0 unspecified atom stereocenters. The fraction of sp³-hybridized carbons (Fsp3) is 0.500. The van der Waals surface area contributed by atoms with Gasteiger partial charge in [0.2, 0.25) is 0 Å². The maximum atomic E-state index is 10.9. The monoisotopic (exact) mass is 253 g/mol. The molecule has 18 heavy (non-hydrogen) atoms. The summed E-state index contributed by atoms with van der Waals surface area (Å²) in [6.45, 7) is 2.64. The first kappa shape index (κ1) is 14.4. The fourth-order valence-electron chi connectivity index (χ4n) is 1.33. The van der Waals surface area contributed by atoms with E-state index in [2.05, 4.69) is 10.3 Å². The Hall–Kier alpha value is -1.66. The molecule has 1 heterocycles. The lowest BCUT2D eigenvalue weighted by molar-refractivity contribution is 0.0697. The first-order chi connectivity index (χ1) is 8.61. The van der Waals surface area contributed by atoms with Crippen LogP contribution in [0.4, 0.5) is 5.69 Å². The van der Waals surface area contributed by atoms with Crippen LogP contribution in [0.1, 0.15) is 10.4 Å². The summed E-state index contributed by atoms with van der Waals surface area (Å²) in [5.41, 5.74) is 0.736. The molecule has 0 atom stereocenters. The Morgan fingerprint density at radius 3 is 2.94 bits per heavy atom. The number of hydrogen-bond acceptors (Lipinski definition) is 5. The quantitative estimate of drug-likeness (QED) is 0.667. The van der Waals surface area contributed by atoms with Crippen molar-refractivity contribution in [2.24, 2.45) is 0 Å². The van der Waals surface area contributed by atoms with Crippen molar-refractivity contribution in [2.45, 2.75) is 0 Å². The minimum Gasteiger partial charge on any atom is -0.478 e. The van der Waals surface area contributed by atoms with Crippen LogP contribution in [0.2, 0.25) is 0 Å². The van der Waals surface area contributed by atoms with Gasteiger partial charge in [-0.25, -0.2) is 4.79 Å². The molecular formula is C12H19N3O3. The molecule has 0 aliphatic rings. The maximum absolute atomic E-state index is 10.9. The number of carbonyl (C=O) groups is 1. The van der Waals surface area contributed by atoms with Crippen molar-refractivity contribution < 1.29 is 14.6 Å². The van der Waals surface area contributed by atoms with Gasteiger partial charge in [0.05, 0.1) is 18.9 Å². The summed E-state index contributed by atoms with van der Waals surface area (Å²) in [6, 6.07) is 1.64. The largest absolute Gasteiger partial charge is 0.478 e. The molecule has 1 aromatic heterocycles. The van der Waals surface area contributed by atoms with Gasteiger partial charge < -0.3 is 20.1 Å². The van der Waals surface area contributed by atoms with E-state index in [4.69, 9.17) is 9.84 Å². The predicted molar refractivity (Wildman–Crippen MR) is 69.1 cm³/mol. The van der Waals surface area contributed by atoms with Gasteiger partial charge >= 0.3 is 5.97 Å². The number of nitrogens with one attached hydrogen (secondary N) is 1. The zero-order valence-corrected chi connectivity index (χ0v) is 10.7. The Balaban J connectivity index is 2.29. The molecule has 0 saturated carbocycles. The van der Waals surface area contributed by atoms with Gasteiger partial charge in [-0.15, -0.1) is 0 Å². The van der Waals surface area contributed by atoms with Crippen molar-refractivity contribution in [2.75, 3.05) is 45.7 Å². The van der Waals surface area contributed by atoms with Crippen LogP contribution in [0.5, 0.6) is 0 Å². The van der Waals surface area contributed by atoms with E-state index in [0.717, 1.165) is 6.54 Å². The van der Waals surface area contributed by atoms with E-state index >= 15 is 0 Å². The topological polar surface area (TPSA) is 74.7 Å². The number of likely N-dealkylation sites (N-methyl/N-ethyl adjacent to an activating group) is 1. The third kappa shape index (κ3) is 5.11. The number of anilines is 1. The molecule has 6 heteroatoms. The van der Waals surface area contributed by atoms with E-state index in [1.807, 2.05) is 19.0 Å². The molecule has 0 radical (unpaired) electrons. The highest BCUT2D eigenvalue weighted by atomic mass is 16.5. The van der Waals surface area contributed by atoms with E-state index in [1.165, 1.54) is 6.20 Å². The lowest BCUT2D eigenvalue weighted by Gasteiger charge is -2.11. The number of aromatic carboxylic acids is 1. The van der Waals surface area contributed by atoms with E-state index in [-0.39, 0.29) is 5.56 Å². The minimum absolute atomic E-state index is 0.172. The second-order valence-corrected chi connectivity index (χ2v) is 4.07. The summed E-state index contributed by atoms with van der Waals surface area (Å²) >= 11 is 0. The van der Waals surface area contributed by atoms with E-state index in [1.54, 1.807) is 12.3 Å². The standard InChI is InChI=1S/C12H19N3O3/c1-15(2)6-8-18-7-5-14-11-3-4-13-9-10(11)12(16)17/h3-4,9H,5-8H2,1-2H3,(H,13,14)(H,16,17). The molecule has 6 nitrogen and oxygen atoms in total. The number of rotatable bonds is 8. The Bertz CT molecular complexity index is 383. The second-order valence-electron chi connectivity index (χ2n) is 4.07. The summed E-state index contributed by atoms with van der Waals surface area (Å²) in [7, 11) is 3.97. The van der Waals surface area contributed by atoms with Crippen molar-refractivity contribution in [1.82, 2.24) is 9.88 Å². The Morgan fingerprint density at radius 2 is 2.28 bits per heavy atom. The predicted octanol–water partition coefficient (Wildman–Crippen LogP) is 0.770. The van der Waals surface area contributed by atoms with Gasteiger partial charge in [0.15, 0.2) is 0 Å². The van der Waals surface area contributed by atoms with E-state index in [9.17, 15) is 4.79 Å². The van der Waals surface area contributed by atoms with Crippen molar-refractivity contribution in [3.63, 3.8) is 0 Å². The average Bonchev–Trinajstić information content (AvgIpc) is 2.33. The highest BCUT2D eigenvalue weighted by Crippen LogP contribution is 2.12. The first-order valence-electron chi connectivity index (χ1n) is 5.75. The molecule has 0 aromatic carbocycles. The van der Waals surface area contributed by atoms with Gasteiger partial charge in [-0.2, -0.15) is 0 Å². The number of nitrogens with zero attached hydrogens (tertiary/aromatic N) is 2. The normalized spacial score (nSPS) is 10.6. The molecule has 0 aliphatic heterocycles. The number of carboxylic acid groups (broad SMARTS) is 1. The molecule has 0 spiro atoms. The van der Waals surface area contributed by atoms with Crippen LogP contribution < -0.4 is 5.32 Å². The summed E-state index contributed by atoms with van der Waals surface area (Å²) in [5, 5.41) is 12.0. The van der Waals surface area contributed by atoms with Crippen LogP contribution in [-0.4, -0.2) is 61.4 Å². The molecule has 0 amide bonds. The van der Waals surface area contributed by atoms with Crippen molar-refractivity contribution >= 4 is 11.7 Å². The van der Waals surface area contributed by atoms with Crippen molar-refractivity contribution in [1.29, 1.82) is 0 Å². The van der Waals surface area contributed by atoms with E-state index < -0.39 is 5.97 Å². The first-order valence-corrected chi connectivity index (χ1v) is 5.75. The number of carboxylic acids is 1. The molecule has 2 N–H and O–H groups in total. The lowest BCUT2D eigenvalue weighted by Crippen LogP contribution is -2.20. The SMILES string of the molecule is CN(C)CCOCCNc1ccncc1C(=O)O. The van der Waals surface area contributed by atoms with Gasteiger partial charge in [0.1, 0.15) is 5.56 Å². The molecule has 1 aromatic rings. The maximum Gasteiger partial charge on any atom is 0.339 e. The second kappa shape index (κ2) is 7.62. The summed E-state index contributed by atoms with van der Waals surface area (Å²) in [6.07, 6.45) is 2.89. The van der Waals surface area contributed by atoms with Crippen LogP contribution in [0.15, 0.2) is 18.5 Å². The van der Waals surface area contributed by atoms with Crippen LogP contribution in [-0.2, 0) is 4.74 Å². The van der Waals surface area contributed by atoms with Gasteiger partial charge in [-0.1, -0.05) is 0 Å². The van der Waals surface area contributed by atoms with Crippen LogP contribution in [0.25, 0.3) is 0 Å². The van der Waals surface area contributed by atoms with Crippen LogP contribution in [0.3, 0.4) is 0 Å². The fourth-order valence-corrected chi connectivity index (χ4v) is 1.33. The summed E-state index contributed by atoms with van der Waals surface area (Å²) in [5.74, 6) is -0.987.